The van der Waals surface area contributed by atoms with E-state index < -0.39 is 0 Å². The molecule has 1 amide bonds. The molecule has 0 heterocycles. The summed E-state index contributed by atoms with van der Waals surface area (Å²) in [6.07, 6.45) is 0. The van der Waals surface area contributed by atoms with Crippen molar-refractivity contribution in [2.45, 2.75) is 13.8 Å². The van der Waals surface area contributed by atoms with Crippen molar-refractivity contribution in [2.24, 2.45) is 0 Å². The number of aryl methyl sites for hydroxylation is 1. The van der Waals surface area contributed by atoms with Crippen molar-refractivity contribution < 1.29 is 9.53 Å². The molecule has 4 heteroatoms. The average Bonchev–Trinajstić information content (AvgIpc) is 2.43. The van der Waals surface area contributed by atoms with E-state index in [1.54, 1.807) is 18.2 Å². The van der Waals surface area contributed by atoms with Crippen molar-refractivity contribution in [3.05, 3.63) is 53.6 Å². The molecule has 2 aromatic carbocycles. The maximum Gasteiger partial charge on any atom is 0.251 e. The van der Waals surface area contributed by atoms with Crippen LogP contribution in [0.3, 0.4) is 0 Å². The third-order valence-corrected chi connectivity index (χ3v) is 2.92. The number of carbonyl (C=O) groups is 1. The minimum atomic E-state index is -0.137. The van der Waals surface area contributed by atoms with Gasteiger partial charge in [-0.1, -0.05) is 18.2 Å². The second kappa shape index (κ2) is 6.10. The van der Waals surface area contributed by atoms with Crippen LogP contribution in [0.5, 0.6) is 11.5 Å². The van der Waals surface area contributed by atoms with Gasteiger partial charge in [-0.3, -0.25) is 4.79 Å². The SMILES string of the molecule is CCNC(=O)c1ccc(Oc2ccccc2C)c(N)c1. The van der Waals surface area contributed by atoms with Gasteiger partial charge in [0.2, 0.25) is 0 Å². The van der Waals surface area contributed by atoms with Gasteiger partial charge in [-0.15, -0.1) is 0 Å². The fourth-order valence-corrected chi connectivity index (χ4v) is 1.83. The Labute approximate surface area is 118 Å². The quantitative estimate of drug-likeness (QED) is 0.839. The van der Waals surface area contributed by atoms with Gasteiger partial charge in [-0.05, 0) is 43.7 Å². The Morgan fingerprint density at radius 1 is 1.20 bits per heavy atom. The topological polar surface area (TPSA) is 64.3 Å². The molecule has 3 N–H and O–H groups in total. The van der Waals surface area contributed by atoms with Crippen molar-refractivity contribution in [3.8, 4) is 11.5 Å². The number of benzene rings is 2. The smallest absolute Gasteiger partial charge is 0.251 e. The molecule has 104 valence electrons. The molecule has 0 spiro atoms. The fourth-order valence-electron chi connectivity index (χ4n) is 1.83. The number of nitrogens with one attached hydrogen (secondary N) is 1. The molecule has 0 aliphatic heterocycles. The van der Waals surface area contributed by atoms with Crippen molar-refractivity contribution in [1.82, 2.24) is 5.32 Å². The molecule has 0 atom stereocenters. The predicted molar refractivity (Wildman–Crippen MR) is 80.1 cm³/mol. The summed E-state index contributed by atoms with van der Waals surface area (Å²) < 4.78 is 5.78. The highest BCUT2D eigenvalue weighted by Crippen LogP contribution is 2.30. The van der Waals surface area contributed by atoms with Gasteiger partial charge in [0.25, 0.3) is 5.91 Å². The van der Waals surface area contributed by atoms with Gasteiger partial charge in [-0.25, -0.2) is 0 Å². The number of nitrogen functional groups attached to an aromatic ring is 1. The summed E-state index contributed by atoms with van der Waals surface area (Å²) in [5.74, 6) is 1.17. The van der Waals surface area contributed by atoms with Gasteiger partial charge in [0, 0.05) is 12.1 Å². The third kappa shape index (κ3) is 3.09. The van der Waals surface area contributed by atoms with Crippen LogP contribution < -0.4 is 15.8 Å². The molecule has 0 aliphatic carbocycles. The van der Waals surface area contributed by atoms with Crippen LogP contribution >= 0.6 is 0 Å². The summed E-state index contributed by atoms with van der Waals surface area (Å²) in [6.45, 7) is 4.42. The second-order valence-electron chi connectivity index (χ2n) is 4.48. The lowest BCUT2D eigenvalue weighted by atomic mass is 10.1. The van der Waals surface area contributed by atoms with Crippen molar-refractivity contribution in [1.29, 1.82) is 0 Å². The Bertz CT molecular complexity index is 624. The molecular weight excluding hydrogens is 252 g/mol. The van der Waals surface area contributed by atoms with Gasteiger partial charge in [-0.2, -0.15) is 0 Å². The van der Waals surface area contributed by atoms with E-state index >= 15 is 0 Å². The van der Waals surface area contributed by atoms with Gasteiger partial charge >= 0.3 is 0 Å². The van der Waals surface area contributed by atoms with E-state index in [4.69, 9.17) is 10.5 Å². The Hall–Kier alpha value is -2.49. The zero-order valence-corrected chi connectivity index (χ0v) is 11.6. The molecule has 0 unspecified atom stereocenters. The van der Waals surface area contributed by atoms with Crippen molar-refractivity contribution in [2.75, 3.05) is 12.3 Å². The molecule has 2 rings (SSSR count). The van der Waals surface area contributed by atoms with Gasteiger partial charge in [0.05, 0.1) is 5.69 Å². The van der Waals surface area contributed by atoms with Gasteiger partial charge in [0.1, 0.15) is 11.5 Å². The van der Waals surface area contributed by atoms with E-state index in [9.17, 15) is 4.79 Å². The van der Waals surface area contributed by atoms with Crippen LogP contribution in [0.25, 0.3) is 0 Å². The number of nitrogens with two attached hydrogens (primary N) is 1. The molecule has 0 fully saturated rings. The largest absolute Gasteiger partial charge is 0.455 e. The molecule has 2 aromatic rings. The first-order chi connectivity index (χ1) is 9.61. The van der Waals surface area contributed by atoms with E-state index in [2.05, 4.69) is 5.32 Å². The molecule has 0 aliphatic rings. The lowest BCUT2D eigenvalue weighted by Crippen LogP contribution is -2.22. The van der Waals surface area contributed by atoms with Gasteiger partial charge in [0.15, 0.2) is 0 Å². The highest BCUT2D eigenvalue weighted by atomic mass is 16.5. The Balaban J connectivity index is 2.22. The highest BCUT2D eigenvalue weighted by Gasteiger charge is 2.09. The number of rotatable bonds is 4. The van der Waals surface area contributed by atoms with Crippen LogP contribution in [-0.4, -0.2) is 12.5 Å². The normalized spacial score (nSPS) is 10.1. The standard InChI is InChI=1S/C16H18N2O2/c1-3-18-16(19)12-8-9-15(13(17)10-12)20-14-7-5-4-6-11(14)2/h4-10H,3,17H2,1-2H3,(H,18,19). The van der Waals surface area contributed by atoms with E-state index in [-0.39, 0.29) is 5.91 Å². The van der Waals surface area contributed by atoms with E-state index in [1.165, 1.54) is 0 Å². The number of hydrogen-bond acceptors (Lipinski definition) is 3. The molecule has 0 saturated heterocycles. The number of para-hydroxylation sites is 1. The first-order valence-electron chi connectivity index (χ1n) is 6.53. The lowest BCUT2D eigenvalue weighted by molar-refractivity contribution is 0.0956. The number of hydrogen-bond donors (Lipinski definition) is 2. The Morgan fingerprint density at radius 3 is 2.60 bits per heavy atom. The maximum absolute atomic E-state index is 11.7. The van der Waals surface area contributed by atoms with Crippen molar-refractivity contribution >= 4 is 11.6 Å². The number of ether oxygens (including phenoxy) is 1. The first-order valence-corrected chi connectivity index (χ1v) is 6.53. The van der Waals surface area contributed by atoms with Crippen LogP contribution in [0.4, 0.5) is 5.69 Å². The van der Waals surface area contributed by atoms with E-state index in [0.717, 1.165) is 11.3 Å². The van der Waals surface area contributed by atoms with Crippen molar-refractivity contribution in [3.63, 3.8) is 0 Å². The molecule has 4 nitrogen and oxygen atoms in total. The summed E-state index contributed by atoms with van der Waals surface area (Å²) in [5.41, 5.74) is 7.95. The van der Waals surface area contributed by atoms with E-state index in [1.807, 2.05) is 38.1 Å². The number of amides is 1. The summed E-state index contributed by atoms with van der Waals surface area (Å²) in [6, 6.07) is 12.7. The van der Waals surface area contributed by atoms with Crippen LogP contribution in [0.2, 0.25) is 0 Å². The van der Waals surface area contributed by atoms with Crippen LogP contribution in [0.1, 0.15) is 22.8 Å². The number of carbonyl (C=O) groups excluding carboxylic acids is 1. The molecule has 0 aromatic heterocycles. The Morgan fingerprint density at radius 2 is 1.95 bits per heavy atom. The second-order valence-corrected chi connectivity index (χ2v) is 4.48. The summed E-state index contributed by atoms with van der Waals surface area (Å²) in [5, 5.41) is 2.73. The minimum absolute atomic E-state index is 0.137. The minimum Gasteiger partial charge on any atom is -0.455 e. The summed E-state index contributed by atoms with van der Waals surface area (Å²) in [4.78, 5) is 11.7. The van der Waals surface area contributed by atoms with Crippen LogP contribution in [0.15, 0.2) is 42.5 Å². The zero-order chi connectivity index (χ0) is 14.5. The highest BCUT2D eigenvalue weighted by molar-refractivity contribution is 5.95. The molecule has 0 bridgehead atoms. The number of anilines is 1. The van der Waals surface area contributed by atoms with Crippen LogP contribution in [-0.2, 0) is 0 Å². The molecule has 0 saturated carbocycles. The fraction of sp³-hybridized carbons (Fsp3) is 0.188. The van der Waals surface area contributed by atoms with E-state index in [0.29, 0.717) is 23.5 Å². The average molecular weight is 270 g/mol. The molecule has 20 heavy (non-hydrogen) atoms. The molecular formula is C16H18N2O2. The third-order valence-electron chi connectivity index (χ3n) is 2.92. The first kappa shape index (κ1) is 13.9. The maximum atomic E-state index is 11.7. The lowest BCUT2D eigenvalue weighted by Gasteiger charge is -2.11. The van der Waals surface area contributed by atoms with Crippen LogP contribution in [0, 0.1) is 6.92 Å². The Kier molecular flexibility index (Phi) is 4.25. The van der Waals surface area contributed by atoms with Gasteiger partial charge < -0.3 is 15.8 Å². The summed E-state index contributed by atoms with van der Waals surface area (Å²) >= 11 is 0. The molecule has 0 radical (unpaired) electrons. The predicted octanol–water partition coefficient (Wildman–Crippen LogP) is 3.12. The summed E-state index contributed by atoms with van der Waals surface area (Å²) in [7, 11) is 0. The monoisotopic (exact) mass is 270 g/mol. The zero-order valence-electron chi connectivity index (χ0n) is 11.6.